The van der Waals surface area contributed by atoms with E-state index in [-0.39, 0.29) is 5.69 Å². The minimum atomic E-state index is -4.46. The van der Waals surface area contributed by atoms with Gasteiger partial charge in [0.2, 0.25) is 11.8 Å². The first-order valence-electron chi connectivity index (χ1n) is 7.98. The Balaban J connectivity index is 2.08. The van der Waals surface area contributed by atoms with E-state index in [0.717, 1.165) is 24.3 Å². The third kappa shape index (κ3) is 4.99. The lowest BCUT2D eigenvalue weighted by Gasteiger charge is -2.23. The molecule has 0 spiro atoms. The highest BCUT2D eigenvalue weighted by Crippen LogP contribution is 2.30. The maximum Gasteiger partial charge on any atom is 0.416 e. The second kappa shape index (κ2) is 7.69. The fourth-order valence-electron chi connectivity index (χ4n) is 2.12. The minimum Gasteiger partial charge on any atom is -0.497 e. The highest BCUT2D eigenvalue weighted by molar-refractivity contribution is 6.14. The highest BCUT2D eigenvalue weighted by Gasteiger charge is 2.36. The van der Waals surface area contributed by atoms with Crippen molar-refractivity contribution < 1.29 is 27.5 Å². The summed E-state index contributed by atoms with van der Waals surface area (Å²) in [6, 6.07) is 10.6. The Morgan fingerprint density at radius 1 is 0.889 bits per heavy atom. The molecule has 0 unspecified atom stereocenters. The lowest BCUT2D eigenvalue weighted by molar-refractivity contribution is -0.137. The zero-order valence-electron chi connectivity index (χ0n) is 15.0. The van der Waals surface area contributed by atoms with Crippen molar-refractivity contribution in [3.05, 3.63) is 54.1 Å². The third-order valence-corrected chi connectivity index (χ3v) is 3.93. The van der Waals surface area contributed by atoms with E-state index < -0.39 is 29.0 Å². The van der Waals surface area contributed by atoms with Gasteiger partial charge < -0.3 is 15.4 Å². The standard InChI is InChI=1S/C19H19F3N2O3/c1-18(2,17(26)24-14-5-4-6-15(11-14)27-3)16(25)23-13-9-7-12(8-10-13)19(20,21)22/h4-11H,1-3H3,(H,23,25)(H,24,26). The summed E-state index contributed by atoms with van der Waals surface area (Å²) in [6.07, 6.45) is -4.46. The van der Waals surface area contributed by atoms with Gasteiger partial charge in [0.05, 0.1) is 12.7 Å². The Hall–Kier alpha value is -3.03. The van der Waals surface area contributed by atoms with Crippen molar-refractivity contribution in [2.24, 2.45) is 5.41 Å². The van der Waals surface area contributed by atoms with Crippen LogP contribution in [0.5, 0.6) is 5.75 Å². The van der Waals surface area contributed by atoms with E-state index in [9.17, 15) is 22.8 Å². The molecule has 0 aliphatic rings. The summed E-state index contributed by atoms with van der Waals surface area (Å²) in [7, 11) is 1.49. The molecule has 2 amide bonds. The molecule has 0 radical (unpaired) electrons. The van der Waals surface area contributed by atoms with Gasteiger partial charge in [-0.1, -0.05) is 6.07 Å². The maximum absolute atomic E-state index is 12.6. The van der Waals surface area contributed by atoms with Crippen molar-refractivity contribution in [1.82, 2.24) is 0 Å². The monoisotopic (exact) mass is 380 g/mol. The molecular formula is C19H19F3N2O3. The molecule has 27 heavy (non-hydrogen) atoms. The average Bonchev–Trinajstić information content (AvgIpc) is 2.61. The van der Waals surface area contributed by atoms with Crippen LogP contribution in [0.2, 0.25) is 0 Å². The van der Waals surface area contributed by atoms with Gasteiger partial charge in [0.25, 0.3) is 0 Å². The number of benzene rings is 2. The topological polar surface area (TPSA) is 67.4 Å². The molecule has 144 valence electrons. The smallest absolute Gasteiger partial charge is 0.416 e. The van der Waals surface area contributed by atoms with Gasteiger partial charge in [-0.3, -0.25) is 9.59 Å². The van der Waals surface area contributed by atoms with Crippen LogP contribution in [-0.4, -0.2) is 18.9 Å². The first-order chi connectivity index (χ1) is 12.5. The van der Waals surface area contributed by atoms with Crippen molar-refractivity contribution in [2.75, 3.05) is 17.7 Å². The first-order valence-corrected chi connectivity index (χ1v) is 7.98. The van der Waals surface area contributed by atoms with Gasteiger partial charge in [0, 0.05) is 17.4 Å². The average molecular weight is 380 g/mol. The molecule has 2 aromatic rings. The van der Waals surface area contributed by atoms with Crippen molar-refractivity contribution in [3.8, 4) is 5.75 Å². The number of carbonyl (C=O) groups is 2. The number of rotatable bonds is 5. The van der Waals surface area contributed by atoms with Crippen molar-refractivity contribution in [2.45, 2.75) is 20.0 Å². The molecule has 2 aromatic carbocycles. The molecule has 8 heteroatoms. The molecule has 0 fully saturated rings. The van der Waals surface area contributed by atoms with E-state index in [1.165, 1.54) is 21.0 Å². The molecule has 0 saturated carbocycles. The number of methoxy groups -OCH3 is 1. The largest absolute Gasteiger partial charge is 0.497 e. The summed E-state index contributed by atoms with van der Waals surface area (Å²) in [4.78, 5) is 24.9. The second-order valence-corrected chi connectivity index (χ2v) is 6.34. The zero-order valence-corrected chi connectivity index (χ0v) is 15.0. The van der Waals surface area contributed by atoms with Crippen LogP contribution in [0.1, 0.15) is 19.4 Å². The molecule has 0 atom stereocenters. The van der Waals surface area contributed by atoms with Crippen LogP contribution >= 0.6 is 0 Å². The predicted molar refractivity (Wildman–Crippen MR) is 95.5 cm³/mol. The van der Waals surface area contributed by atoms with Crippen LogP contribution < -0.4 is 15.4 Å². The molecule has 0 aliphatic heterocycles. The molecule has 0 bridgehead atoms. The van der Waals surface area contributed by atoms with E-state index in [0.29, 0.717) is 11.4 Å². The van der Waals surface area contributed by atoms with Gasteiger partial charge in [-0.25, -0.2) is 0 Å². The van der Waals surface area contributed by atoms with Gasteiger partial charge in [0.1, 0.15) is 11.2 Å². The summed E-state index contributed by atoms with van der Waals surface area (Å²) < 4.78 is 42.8. The van der Waals surface area contributed by atoms with Crippen LogP contribution in [0.4, 0.5) is 24.5 Å². The Bertz CT molecular complexity index is 831. The summed E-state index contributed by atoms with van der Waals surface area (Å²) >= 11 is 0. The number of alkyl halides is 3. The van der Waals surface area contributed by atoms with E-state index in [1.807, 2.05) is 0 Å². The summed E-state index contributed by atoms with van der Waals surface area (Å²) in [5.41, 5.74) is -1.67. The van der Waals surface area contributed by atoms with E-state index in [1.54, 1.807) is 24.3 Å². The Kier molecular flexibility index (Phi) is 5.78. The normalized spacial score (nSPS) is 11.6. The molecule has 0 aromatic heterocycles. The number of carbonyl (C=O) groups excluding carboxylic acids is 2. The van der Waals surface area contributed by atoms with Crippen molar-refractivity contribution >= 4 is 23.2 Å². The van der Waals surface area contributed by atoms with Crippen molar-refractivity contribution in [3.63, 3.8) is 0 Å². The zero-order chi connectivity index (χ0) is 20.2. The second-order valence-electron chi connectivity index (χ2n) is 6.34. The Labute approximate surface area is 154 Å². The third-order valence-electron chi connectivity index (χ3n) is 3.93. The molecular weight excluding hydrogens is 361 g/mol. The lowest BCUT2D eigenvalue weighted by Crippen LogP contribution is -2.41. The molecule has 2 rings (SSSR count). The van der Waals surface area contributed by atoms with Crippen LogP contribution in [0, 0.1) is 5.41 Å². The first kappa shape index (κ1) is 20.3. The summed E-state index contributed by atoms with van der Waals surface area (Å²) in [5, 5.41) is 5.08. The minimum absolute atomic E-state index is 0.162. The number of amides is 2. The number of anilines is 2. The van der Waals surface area contributed by atoms with E-state index in [4.69, 9.17) is 4.74 Å². The molecule has 0 heterocycles. The highest BCUT2D eigenvalue weighted by atomic mass is 19.4. The van der Waals surface area contributed by atoms with Crippen LogP contribution in [0.15, 0.2) is 48.5 Å². The van der Waals surface area contributed by atoms with E-state index in [2.05, 4.69) is 10.6 Å². The number of halogens is 3. The van der Waals surface area contributed by atoms with Gasteiger partial charge >= 0.3 is 6.18 Å². The number of hydrogen-bond donors (Lipinski definition) is 2. The SMILES string of the molecule is COc1cccc(NC(=O)C(C)(C)C(=O)Nc2ccc(C(F)(F)F)cc2)c1. The van der Waals surface area contributed by atoms with Gasteiger partial charge in [-0.2, -0.15) is 13.2 Å². The van der Waals surface area contributed by atoms with Crippen LogP contribution in [0.25, 0.3) is 0 Å². The molecule has 5 nitrogen and oxygen atoms in total. The fourth-order valence-corrected chi connectivity index (χ4v) is 2.12. The molecule has 0 aliphatic carbocycles. The Morgan fingerprint density at radius 2 is 1.44 bits per heavy atom. The van der Waals surface area contributed by atoms with E-state index >= 15 is 0 Å². The predicted octanol–water partition coefficient (Wildman–Crippen LogP) is 4.32. The number of nitrogens with one attached hydrogen (secondary N) is 2. The van der Waals surface area contributed by atoms with Gasteiger partial charge in [-0.15, -0.1) is 0 Å². The van der Waals surface area contributed by atoms with Crippen LogP contribution in [-0.2, 0) is 15.8 Å². The fraction of sp³-hybridized carbons (Fsp3) is 0.263. The van der Waals surface area contributed by atoms with Crippen molar-refractivity contribution in [1.29, 1.82) is 0 Å². The van der Waals surface area contributed by atoms with Crippen LogP contribution in [0.3, 0.4) is 0 Å². The molecule has 0 saturated heterocycles. The number of ether oxygens (including phenoxy) is 1. The Morgan fingerprint density at radius 3 is 1.96 bits per heavy atom. The molecule has 2 N–H and O–H groups in total. The summed E-state index contributed by atoms with van der Waals surface area (Å²) in [6.45, 7) is 2.84. The summed E-state index contributed by atoms with van der Waals surface area (Å²) in [5.74, 6) is -0.678. The maximum atomic E-state index is 12.6. The van der Waals surface area contributed by atoms with Gasteiger partial charge in [0.15, 0.2) is 0 Å². The van der Waals surface area contributed by atoms with Gasteiger partial charge in [-0.05, 0) is 50.2 Å². The number of hydrogen-bond acceptors (Lipinski definition) is 3. The quantitative estimate of drug-likeness (QED) is 0.760. The lowest BCUT2D eigenvalue weighted by atomic mass is 9.90.